The molecule has 5 rings (SSSR count). The van der Waals surface area contributed by atoms with Crippen LogP contribution in [0.4, 0.5) is 5.82 Å². The first-order valence-electron chi connectivity index (χ1n) is 13.3. The first-order valence-corrected chi connectivity index (χ1v) is 13.7. The van der Waals surface area contributed by atoms with E-state index in [2.05, 4.69) is 31.6 Å². The highest BCUT2D eigenvalue weighted by Crippen LogP contribution is 2.42. The maximum Gasteiger partial charge on any atom is 0.231 e. The summed E-state index contributed by atoms with van der Waals surface area (Å²) in [4.78, 5) is 31.7. The molecule has 0 bridgehead atoms. The number of piperazine rings is 2. The van der Waals surface area contributed by atoms with Crippen molar-refractivity contribution in [3.63, 3.8) is 0 Å². The van der Waals surface area contributed by atoms with Crippen LogP contribution < -0.4 is 4.90 Å². The van der Waals surface area contributed by atoms with E-state index in [1.165, 1.54) is 0 Å². The molecule has 3 heterocycles. The average molecular weight is 529 g/mol. The number of benzene rings is 1. The Morgan fingerprint density at radius 2 is 1.70 bits per heavy atom. The van der Waals surface area contributed by atoms with Gasteiger partial charge in [0.2, 0.25) is 5.91 Å². The maximum atomic E-state index is 13.9. The molecule has 200 valence electrons. The van der Waals surface area contributed by atoms with Gasteiger partial charge in [-0.05, 0) is 30.0 Å². The molecule has 2 N–H and O–H groups in total. The predicted molar refractivity (Wildman–Crippen MR) is 143 cm³/mol. The molecule has 1 amide bonds. The van der Waals surface area contributed by atoms with E-state index >= 15 is 0 Å². The van der Waals surface area contributed by atoms with Crippen LogP contribution in [0.15, 0.2) is 30.6 Å². The average Bonchev–Trinajstić information content (AvgIpc) is 3.22. The highest BCUT2D eigenvalue weighted by Gasteiger charge is 2.35. The number of amides is 1. The lowest BCUT2D eigenvalue weighted by Gasteiger charge is -2.40. The zero-order chi connectivity index (χ0) is 25.9. The van der Waals surface area contributed by atoms with Crippen molar-refractivity contribution >= 4 is 23.3 Å². The van der Waals surface area contributed by atoms with Crippen LogP contribution in [0.25, 0.3) is 0 Å². The van der Waals surface area contributed by atoms with Crippen LogP contribution in [0.2, 0.25) is 5.02 Å². The number of rotatable bonds is 7. The highest BCUT2D eigenvalue weighted by atomic mass is 35.5. The first kappa shape index (κ1) is 26.3. The van der Waals surface area contributed by atoms with Crippen molar-refractivity contribution in [2.75, 3.05) is 77.0 Å². The molecular weight excluding hydrogens is 492 g/mol. The summed E-state index contributed by atoms with van der Waals surface area (Å²) < 4.78 is 0. The van der Waals surface area contributed by atoms with Gasteiger partial charge < -0.3 is 20.0 Å². The number of aromatic nitrogens is 2. The van der Waals surface area contributed by atoms with E-state index in [1.54, 1.807) is 6.33 Å². The fraction of sp³-hybridized carbons (Fsp3) is 0.593. The number of fused-ring (bicyclic) bond motifs is 1. The number of carbonyl (C=O) groups is 1. The summed E-state index contributed by atoms with van der Waals surface area (Å²) in [7, 11) is 0. The molecule has 0 radical (unpaired) electrons. The second kappa shape index (κ2) is 11.6. The fourth-order valence-electron chi connectivity index (χ4n) is 5.93. The quantitative estimate of drug-likeness (QED) is 0.561. The molecule has 9 nitrogen and oxygen atoms in total. The van der Waals surface area contributed by atoms with Crippen molar-refractivity contribution in [1.29, 1.82) is 0 Å². The van der Waals surface area contributed by atoms with Crippen LogP contribution >= 0.6 is 11.6 Å². The summed E-state index contributed by atoms with van der Waals surface area (Å²) >= 11 is 6.15. The number of β-amino-alcohol motifs (C(OH)–C–C–N with tert-alkyl or cyclic N) is 1. The van der Waals surface area contributed by atoms with Crippen molar-refractivity contribution < 1.29 is 15.0 Å². The molecule has 2 fully saturated rings. The van der Waals surface area contributed by atoms with Gasteiger partial charge in [-0.25, -0.2) is 9.97 Å². The molecule has 10 heteroatoms. The second-order valence-corrected chi connectivity index (χ2v) is 10.9. The van der Waals surface area contributed by atoms with Crippen molar-refractivity contribution in [1.82, 2.24) is 24.7 Å². The molecule has 1 aromatic carbocycles. The summed E-state index contributed by atoms with van der Waals surface area (Å²) in [5.74, 6) is 1.01. The van der Waals surface area contributed by atoms with Crippen LogP contribution in [0.5, 0.6) is 0 Å². The van der Waals surface area contributed by atoms with Gasteiger partial charge in [-0.2, -0.15) is 0 Å². The van der Waals surface area contributed by atoms with Crippen LogP contribution in [-0.4, -0.2) is 113 Å². The molecule has 0 spiro atoms. The third-order valence-corrected chi connectivity index (χ3v) is 8.31. The number of halogens is 1. The monoisotopic (exact) mass is 528 g/mol. The Kier molecular flexibility index (Phi) is 8.26. The summed E-state index contributed by atoms with van der Waals surface area (Å²) in [5, 5.41) is 20.3. The number of hydrogen-bond acceptors (Lipinski definition) is 8. The molecule has 37 heavy (non-hydrogen) atoms. The third kappa shape index (κ3) is 5.76. The van der Waals surface area contributed by atoms with E-state index in [0.29, 0.717) is 50.7 Å². The van der Waals surface area contributed by atoms with E-state index in [-0.39, 0.29) is 24.3 Å². The summed E-state index contributed by atoms with van der Waals surface area (Å²) in [6.07, 6.45) is 1.70. The molecule has 2 aromatic rings. The Balaban J connectivity index is 1.27. The van der Waals surface area contributed by atoms with Gasteiger partial charge in [0.25, 0.3) is 0 Å². The van der Waals surface area contributed by atoms with Gasteiger partial charge in [-0.15, -0.1) is 0 Å². The van der Waals surface area contributed by atoms with E-state index in [9.17, 15) is 15.0 Å². The Morgan fingerprint density at radius 1 is 1.03 bits per heavy atom. The van der Waals surface area contributed by atoms with Crippen LogP contribution in [0.1, 0.15) is 48.1 Å². The van der Waals surface area contributed by atoms with Crippen molar-refractivity contribution in [3.05, 3.63) is 52.4 Å². The van der Waals surface area contributed by atoms with Gasteiger partial charge in [0, 0.05) is 76.0 Å². The summed E-state index contributed by atoms with van der Waals surface area (Å²) in [5.41, 5.74) is 2.79. The zero-order valence-corrected chi connectivity index (χ0v) is 22.2. The molecule has 3 atom stereocenters. The third-order valence-electron chi connectivity index (χ3n) is 8.06. The van der Waals surface area contributed by atoms with E-state index in [0.717, 1.165) is 48.8 Å². The van der Waals surface area contributed by atoms with Crippen LogP contribution in [0.3, 0.4) is 0 Å². The minimum atomic E-state index is -0.528. The number of anilines is 1. The Bertz CT molecular complexity index is 1070. The number of nitrogens with zero attached hydrogens (tertiary/aromatic N) is 6. The fourth-order valence-corrected chi connectivity index (χ4v) is 6.06. The van der Waals surface area contributed by atoms with Crippen LogP contribution in [-0.2, 0) is 4.79 Å². The highest BCUT2D eigenvalue weighted by molar-refractivity contribution is 6.30. The van der Waals surface area contributed by atoms with Crippen molar-refractivity contribution in [2.24, 2.45) is 0 Å². The minimum absolute atomic E-state index is 0.150. The zero-order valence-electron chi connectivity index (χ0n) is 21.5. The van der Waals surface area contributed by atoms with Crippen molar-refractivity contribution in [2.45, 2.75) is 31.3 Å². The topological polar surface area (TPSA) is 96.3 Å². The summed E-state index contributed by atoms with van der Waals surface area (Å²) in [6.45, 7) is 9.88. The largest absolute Gasteiger partial charge is 0.395 e. The smallest absolute Gasteiger partial charge is 0.231 e. The molecule has 0 saturated carbocycles. The Labute approximate surface area is 223 Å². The Hall–Kier alpha value is -2.30. The van der Waals surface area contributed by atoms with Gasteiger partial charge in [0.15, 0.2) is 0 Å². The molecule has 2 aliphatic heterocycles. The molecule has 3 aliphatic rings. The van der Waals surface area contributed by atoms with Gasteiger partial charge in [0.05, 0.1) is 24.3 Å². The molecule has 1 aliphatic carbocycles. The molecular formula is C27H37ClN6O3. The van der Waals surface area contributed by atoms with Gasteiger partial charge in [-0.1, -0.05) is 30.7 Å². The predicted octanol–water partition coefficient (Wildman–Crippen LogP) is 1.71. The summed E-state index contributed by atoms with van der Waals surface area (Å²) in [6, 6.07) is 7.67. The lowest BCUT2D eigenvalue weighted by atomic mass is 9.96. The second-order valence-electron chi connectivity index (χ2n) is 10.4. The molecule has 1 aromatic heterocycles. The molecule has 0 unspecified atom stereocenters. The lowest BCUT2D eigenvalue weighted by Crippen LogP contribution is -2.53. The van der Waals surface area contributed by atoms with Gasteiger partial charge >= 0.3 is 0 Å². The SMILES string of the molecule is C[C@@H]1C[C@@H](O)c2ncnc(N3CCN(C(=O)[C@H](CN4CCN(CCO)CC4)c4ccc(Cl)cc4)CC3)c21. The minimum Gasteiger partial charge on any atom is -0.395 e. The van der Waals surface area contributed by atoms with E-state index in [4.69, 9.17) is 11.6 Å². The number of carbonyl (C=O) groups excluding carboxylic acids is 1. The number of aliphatic hydroxyl groups excluding tert-OH is 2. The van der Waals surface area contributed by atoms with Gasteiger partial charge in [-0.3, -0.25) is 14.6 Å². The van der Waals surface area contributed by atoms with Crippen LogP contribution in [0, 0.1) is 0 Å². The first-order chi connectivity index (χ1) is 17.9. The standard InChI is InChI=1S/C27H37ClN6O3/c1-19-16-23(36)25-24(19)26(30-18-29-25)33-10-12-34(13-11-33)27(37)22(20-2-4-21(28)5-3-20)17-32-8-6-31(7-9-32)14-15-35/h2-5,18-19,22-23,35-36H,6-17H2,1H3/t19-,22-,23-/m1/s1. The normalized spacial score (nSPS) is 23.8. The van der Waals surface area contributed by atoms with E-state index < -0.39 is 6.10 Å². The lowest BCUT2D eigenvalue weighted by molar-refractivity contribution is -0.133. The van der Waals surface area contributed by atoms with E-state index in [1.807, 2.05) is 29.2 Å². The maximum absolute atomic E-state index is 13.9. The molecule has 2 saturated heterocycles. The number of hydrogen-bond donors (Lipinski definition) is 2. The van der Waals surface area contributed by atoms with Crippen molar-refractivity contribution in [3.8, 4) is 0 Å². The number of aliphatic hydroxyl groups is 2. The van der Waals surface area contributed by atoms with Gasteiger partial charge in [0.1, 0.15) is 12.1 Å². The Morgan fingerprint density at radius 3 is 2.38 bits per heavy atom.